The number of fused-ring (bicyclic) bond motifs is 3. The molecule has 1 unspecified atom stereocenters. The summed E-state index contributed by atoms with van der Waals surface area (Å²) in [6.45, 7) is -0.272. The molecule has 2 aromatic carbocycles. The Bertz CT molecular complexity index is 1200. The van der Waals surface area contributed by atoms with Crippen molar-refractivity contribution in [2.24, 2.45) is 0 Å². The van der Waals surface area contributed by atoms with Crippen LogP contribution in [0.4, 0.5) is 13.6 Å². The highest BCUT2D eigenvalue weighted by molar-refractivity contribution is 5.86. The number of furan rings is 1. The second-order valence-corrected chi connectivity index (χ2v) is 7.94. The number of hydrogen-bond acceptors (Lipinski definition) is 5. The molecule has 0 saturated heterocycles. The van der Waals surface area contributed by atoms with E-state index in [-0.39, 0.29) is 30.6 Å². The molecule has 0 bridgehead atoms. The van der Waals surface area contributed by atoms with E-state index in [0.29, 0.717) is 0 Å². The molecule has 0 saturated carbocycles. The fraction of sp³-hybridized carbons (Fsp3) is 0.240. The summed E-state index contributed by atoms with van der Waals surface area (Å²) in [4.78, 5) is 35.7. The van der Waals surface area contributed by atoms with Crippen molar-refractivity contribution in [3.8, 4) is 11.1 Å². The first-order chi connectivity index (χ1) is 16.8. The van der Waals surface area contributed by atoms with Crippen LogP contribution in [0.5, 0.6) is 0 Å². The van der Waals surface area contributed by atoms with Crippen molar-refractivity contribution in [3.05, 3.63) is 83.3 Å². The summed E-state index contributed by atoms with van der Waals surface area (Å²) in [6.07, 6.45) is -4.78. The Balaban J connectivity index is 1.37. The van der Waals surface area contributed by atoms with Crippen LogP contribution in [0.25, 0.3) is 11.1 Å². The fourth-order valence-electron chi connectivity index (χ4n) is 4.08. The summed E-state index contributed by atoms with van der Waals surface area (Å²) in [5.41, 5.74) is 4.05. The Morgan fingerprint density at radius 3 is 2.17 bits per heavy atom. The Morgan fingerprint density at radius 2 is 1.60 bits per heavy atom. The van der Waals surface area contributed by atoms with Gasteiger partial charge >= 0.3 is 12.1 Å². The molecule has 1 atom stereocenters. The number of halogens is 2. The van der Waals surface area contributed by atoms with Gasteiger partial charge in [-0.2, -0.15) is 0 Å². The normalized spacial score (nSPS) is 13.1. The van der Waals surface area contributed by atoms with Gasteiger partial charge in [0.15, 0.2) is 0 Å². The third-order valence-corrected chi connectivity index (χ3v) is 5.68. The van der Waals surface area contributed by atoms with Gasteiger partial charge in [0.25, 0.3) is 0 Å². The lowest BCUT2D eigenvalue weighted by molar-refractivity contribution is -0.124. The number of carboxylic acids is 1. The summed E-state index contributed by atoms with van der Waals surface area (Å²) in [6, 6.07) is 16.5. The number of carbonyl (C=O) groups excluding carboxylic acids is 2. The second-order valence-electron chi connectivity index (χ2n) is 7.94. The zero-order chi connectivity index (χ0) is 24.9. The molecule has 1 aliphatic carbocycles. The van der Waals surface area contributed by atoms with Gasteiger partial charge in [-0.3, -0.25) is 4.79 Å². The smallest absolute Gasteiger partial charge is 0.407 e. The van der Waals surface area contributed by atoms with Crippen LogP contribution in [0, 0.1) is 0 Å². The van der Waals surface area contributed by atoms with E-state index in [1.54, 1.807) is 0 Å². The van der Waals surface area contributed by atoms with E-state index in [4.69, 9.17) is 14.3 Å². The number of ether oxygens (including phenoxy) is 1. The number of alkyl halides is 2. The Labute approximate surface area is 198 Å². The van der Waals surface area contributed by atoms with Crippen LogP contribution in [-0.2, 0) is 16.1 Å². The average molecular weight is 484 g/mol. The fourth-order valence-corrected chi connectivity index (χ4v) is 4.08. The summed E-state index contributed by atoms with van der Waals surface area (Å²) >= 11 is 0. The topological polar surface area (TPSA) is 118 Å². The highest BCUT2D eigenvalue weighted by Gasteiger charge is 2.30. The lowest BCUT2D eigenvalue weighted by Gasteiger charge is -2.19. The first-order valence-corrected chi connectivity index (χ1v) is 10.8. The summed E-state index contributed by atoms with van der Waals surface area (Å²) < 4.78 is 36.5. The molecular weight excluding hydrogens is 462 g/mol. The number of carboxylic acid groups (broad SMARTS) is 1. The van der Waals surface area contributed by atoms with E-state index >= 15 is 0 Å². The molecule has 1 aromatic heterocycles. The maximum Gasteiger partial charge on any atom is 0.407 e. The molecule has 0 radical (unpaired) electrons. The van der Waals surface area contributed by atoms with Crippen LogP contribution in [0.1, 0.15) is 39.8 Å². The minimum Gasteiger partial charge on any atom is -0.475 e. The van der Waals surface area contributed by atoms with E-state index < -0.39 is 36.9 Å². The average Bonchev–Trinajstić information content (AvgIpc) is 3.44. The molecular formula is C25H22F2N2O6. The van der Waals surface area contributed by atoms with Crippen LogP contribution in [0.15, 0.2) is 65.1 Å². The maximum absolute atomic E-state index is 13.1. The van der Waals surface area contributed by atoms with Crippen molar-refractivity contribution >= 4 is 18.0 Å². The molecule has 1 heterocycles. The molecule has 0 aliphatic heterocycles. The van der Waals surface area contributed by atoms with Crippen LogP contribution < -0.4 is 10.6 Å². The van der Waals surface area contributed by atoms with Crippen molar-refractivity contribution in [3.63, 3.8) is 0 Å². The molecule has 35 heavy (non-hydrogen) atoms. The number of benzene rings is 2. The van der Waals surface area contributed by atoms with Crippen molar-refractivity contribution < 1.29 is 37.4 Å². The zero-order valence-corrected chi connectivity index (χ0v) is 18.4. The largest absolute Gasteiger partial charge is 0.475 e. The molecule has 4 rings (SSSR count). The first kappa shape index (κ1) is 23.9. The maximum atomic E-state index is 13.1. The number of alkyl carbamates (subject to hydrolysis) is 1. The summed E-state index contributed by atoms with van der Waals surface area (Å²) in [7, 11) is 0. The number of hydrogen-bond donors (Lipinski definition) is 3. The first-order valence-electron chi connectivity index (χ1n) is 10.8. The van der Waals surface area contributed by atoms with E-state index in [1.807, 2.05) is 48.5 Å². The van der Waals surface area contributed by atoms with Crippen molar-refractivity contribution in [1.82, 2.24) is 10.6 Å². The quantitative estimate of drug-likeness (QED) is 0.420. The Hall–Kier alpha value is -4.21. The number of nitrogens with one attached hydrogen (secondary N) is 2. The highest BCUT2D eigenvalue weighted by Crippen LogP contribution is 2.44. The zero-order valence-electron chi connectivity index (χ0n) is 18.4. The van der Waals surface area contributed by atoms with Crippen molar-refractivity contribution in [2.45, 2.75) is 31.4 Å². The predicted octanol–water partition coefficient (Wildman–Crippen LogP) is 4.16. The number of amides is 2. The minimum absolute atomic E-state index is 0.0345. The molecule has 8 nitrogen and oxygen atoms in total. The van der Waals surface area contributed by atoms with Crippen LogP contribution in [0.3, 0.4) is 0 Å². The summed E-state index contributed by atoms with van der Waals surface area (Å²) in [5, 5.41) is 13.4. The lowest BCUT2D eigenvalue weighted by atomic mass is 9.98. The molecule has 182 valence electrons. The van der Waals surface area contributed by atoms with Gasteiger partial charge in [0.2, 0.25) is 18.1 Å². The van der Waals surface area contributed by atoms with Crippen LogP contribution in [-0.4, -0.2) is 42.2 Å². The Kier molecular flexibility index (Phi) is 7.09. The van der Waals surface area contributed by atoms with Gasteiger partial charge in [-0.05, 0) is 34.4 Å². The van der Waals surface area contributed by atoms with Gasteiger partial charge in [-0.25, -0.2) is 18.4 Å². The molecule has 3 N–H and O–H groups in total. The monoisotopic (exact) mass is 484 g/mol. The predicted molar refractivity (Wildman–Crippen MR) is 120 cm³/mol. The van der Waals surface area contributed by atoms with Gasteiger partial charge in [0.05, 0.1) is 6.54 Å². The van der Waals surface area contributed by atoms with E-state index in [2.05, 4.69) is 10.6 Å². The van der Waals surface area contributed by atoms with Gasteiger partial charge in [0, 0.05) is 12.3 Å². The standard InChI is InChI=1S/C25H22F2N2O6/c26-22(27)11-20(23(30)28-12-14-9-10-21(35-14)24(31)32)29-25(33)34-13-19-17-7-3-1-5-15(17)16-6-2-4-8-18(16)19/h1-10,19-20,22H,11-13H2,(H,28,30)(H,29,33)(H,31,32). The molecule has 1 aliphatic rings. The highest BCUT2D eigenvalue weighted by atomic mass is 19.3. The van der Waals surface area contributed by atoms with Crippen molar-refractivity contribution in [1.29, 1.82) is 0 Å². The third-order valence-electron chi connectivity index (χ3n) is 5.68. The van der Waals surface area contributed by atoms with Crippen molar-refractivity contribution in [2.75, 3.05) is 6.61 Å². The lowest BCUT2D eigenvalue weighted by Crippen LogP contribution is -2.47. The number of rotatable bonds is 9. The molecule has 2 amide bonds. The third kappa shape index (κ3) is 5.48. The van der Waals surface area contributed by atoms with Crippen LogP contribution in [0.2, 0.25) is 0 Å². The van der Waals surface area contributed by atoms with Gasteiger partial charge in [-0.15, -0.1) is 0 Å². The van der Waals surface area contributed by atoms with E-state index in [1.165, 1.54) is 12.1 Å². The SMILES string of the molecule is O=C(NC(CC(F)F)C(=O)NCc1ccc(C(=O)O)o1)OCC1c2ccccc2-c2ccccc21. The Morgan fingerprint density at radius 1 is 0.971 bits per heavy atom. The van der Waals surface area contributed by atoms with Gasteiger partial charge in [-0.1, -0.05) is 48.5 Å². The number of aromatic carboxylic acids is 1. The van der Waals surface area contributed by atoms with Gasteiger partial charge in [0.1, 0.15) is 18.4 Å². The molecule has 0 fully saturated rings. The van der Waals surface area contributed by atoms with Gasteiger partial charge < -0.3 is 24.9 Å². The molecule has 10 heteroatoms. The summed E-state index contributed by atoms with van der Waals surface area (Å²) in [5.74, 6) is -2.59. The molecule has 0 spiro atoms. The van der Waals surface area contributed by atoms with E-state index in [9.17, 15) is 23.2 Å². The van der Waals surface area contributed by atoms with Crippen LogP contribution >= 0.6 is 0 Å². The number of carbonyl (C=O) groups is 3. The van der Waals surface area contributed by atoms with E-state index in [0.717, 1.165) is 22.3 Å². The minimum atomic E-state index is -2.86. The molecule has 3 aromatic rings. The second kappa shape index (κ2) is 10.4.